The van der Waals surface area contributed by atoms with E-state index in [0.29, 0.717) is 0 Å². The molecule has 0 radical (unpaired) electrons. The van der Waals surface area contributed by atoms with E-state index < -0.39 is 0 Å². The molecular formula is C21H28IN3. The second kappa shape index (κ2) is 8.70. The number of halogens is 1. The summed E-state index contributed by atoms with van der Waals surface area (Å²) in [6.07, 6.45) is 1.19. The average Bonchev–Trinajstić information content (AvgIpc) is 2.57. The van der Waals surface area contributed by atoms with Crippen LogP contribution in [0.15, 0.2) is 53.5 Å². The number of hydrogen-bond donors (Lipinski definition) is 0. The minimum Gasteiger partial charge on any atom is -0.346 e. The third kappa shape index (κ3) is 4.75. The largest absolute Gasteiger partial charge is 0.346 e. The van der Waals surface area contributed by atoms with Gasteiger partial charge in [0.15, 0.2) is 5.96 Å². The zero-order valence-electron chi connectivity index (χ0n) is 15.6. The lowest BCUT2D eigenvalue weighted by Crippen LogP contribution is -2.46. The summed E-state index contributed by atoms with van der Waals surface area (Å²) in [4.78, 5) is 9.69. The third-order valence-electron chi connectivity index (χ3n) is 4.70. The highest BCUT2D eigenvalue weighted by Gasteiger charge is 2.21. The summed E-state index contributed by atoms with van der Waals surface area (Å²) in [6.45, 7) is 6.38. The summed E-state index contributed by atoms with van der Waals surface area (Å²) in [5.74, 6) is 1.08. The molecule has 0 aliphatic carbocycles. The molecule has 0 spiro atoms. The van der Waals surface area contributed by atoms with E-state index in [1.807, 2.05) is 0 Å². The molecule has 2 aromatic carbocycles. The van der Waals surface area contributed by atoms with Crippen molar-refractivity contribution in [2.24, 2.45) is 4.99 Å². The molecule has 0 atom stereocenters. The van der Waals surface area contributed by atoms with Crippen LogP contribution in [0.1, 0.15) is 34.7 Å². The molecule has 1 aliphatic heterocycles. The Labute approximate surface area is 168 Å². The molecule has 3 rings (SSSR count). The van der Waals surface area contributed by atoms with Crippen molar-refractivity contribution in [1.29, 1.82) is 0 Å². The summed E-state index contributed by atoms with van der Waals surface area (Å²) in [7, 11) is 4.27. The summed E-state index contributed by atoms with van der Waals surface area (Å²) >= 11 is 0. The Kier molecular flexibility index (Phi) is 6.87. The first kappa shape index (κ1) is 19.8. The molecule has 0 amide bonds. The summed E-state index contributed by atoms with van der Waals surface area (Å²) in [6, 6.07) is 17.5. The van der Waals surface area contributed by atoms with E-state index in [1.54, 1.807) is 0 Å². The quantitative estimate of drug-likeness (QED) is 0.637. The standard InChI is InChI=1S/C21H27N3.HI/c1-16-6-10-18(11-7-16)20(19-12-8-17(2)9-13-19)22-21-23(3)14-5-15-24(21)4;/h6-13,20H,5,14-15H2,1-4H3;1H. The molecule has 2 aromatic rings. The first-order valence-corrected chi connectivity index (χ1v) is 8.68. The van der Waals surface area contributed by atoms with Gasteiger partial charge in [0, 0.05) is 27.2 Å². The molecule has 0 aromatic heterocycles. The normalized spacial score (nSPS) is 14.5. The van der Waals surface area contributed by atoms with Crippen LogP contribution in [0.4, 0.5) is 0 Å². The van der Waals surface area contributed by atoms with Gasteiger partial charge >= 0.3 is 0 Å². The first-order valence-electron chi connectivity index (χ1n) is 8.68. The Balaban J connectivity index is 0.00000225. The lowest BCUT2D eigenvalue weighted by atomic mass is 9.97. The van der Waals surface area contributed by atoms with E-state index in [1.165, 1.54) is 28.7 Å². The molecule has 1 heterocycles. The van der Waals surface area contributed by atoms with Gasteiger partial charge in [0.2, 0.25) is 0 Å². The van der Waals surface area contributed by atoms with Crippen molar-refractivity contribution in [2.75, 3.05) is 27.2 Å². The molecule has 3 nitrogen and oxygen atoms in total. The van der Waals surface area contributed by atoms with Gasteiger partial charge in [0.05, 0.1) is 0 Å². The Bertz CT molecular complexity index is 649. The Hall–Kier alpha value is -1.56. The van der Waals surface area contributed by atoms with Crippen molar-refractivity contribution >= 4 is 29.9 Å². The van der Waals surface area contributed by atoms with Crippen LogP contribution >= 0.6 is 24.0 Å². The number of aryl methyl sites for hydroxylation is 2. The first-order chi connectivity index (χ1) is 11.5. The van der Waals surface area contributed by atoms with Crippen LogP contribution < -0.4 is 0 Å². The van der Waals surface area contributed by atoms with Crippen LogP contribution in [0, 0.1) is 13.8 Å². The molecule has 0 unspecified atom stereocenters. The maximum absolute atomic E-state index is 5.17. The van der Waals surface area contributed by atoms with Gasteiger partial charge < -0.3 is 9.80 Å². The SMILES string of the molecule is Cc1ccc(C(N=C2N(C)CCCN2C)c2ccc(C)cc2)cc1.I. The molecule has 1 aliphatic rings. The van der Waals surface area contributed by atoms with Crippen molar-refractivity contribution in [3.63, 3.8) is 0 Å². The lowest BCUT2D eigenvalue weighted by Gasteiger charge is -2.35. The maximum Gasteiger partial charge on any atom is 0.197 e. The number of aliphatic imine (C=N–C) groups is 1. The van der Waals surface area contributed by atoms with Gasteiger partial charge in [-0.1, -0.05) is 59.7 Å². The lowest BCUT2D eigenvalue weighted by molar-refractivity contribution is 0.315. The summed E-state index contributed by atoms with van der Waals surface area (Å²) in [5, 5.41) is 0. The zero-order valence-corrected chi connectivity index (χ0v) is 17.9. The second-order valence-corrected chi connectivity index (χ2v) is 6.85. The number of guanidine groups is 1. The van der Waals surface area contributed by atoms with Crippen LogP contribution in [-0.4, -0.2) is 42.9 Å². The predicted octanol–water partition coefficient (Wildman–Crippen LogP) is 4.63. The fraction of sp³-hybridized carbons (Fsp3) is 0.381. The molecule has 0 N–H and O–H groups in total. The van der Waals surface area contributed by atoms with Crippen molar-refractivity contribution in [1.82, 2.24) is 9.80 Å². The van der Waals surface area contributed by atoms with Gasteiger partial charge in [0.25, 0.3) is 0 Å². The van der Waals surface area contributed by atoms with E-state index in [2.05, 4.69) is 86.3 Å². The fourth-order valence-electron chi connectivity index (χ4n) is 3.19. The highest BCUT2D eigenvalue weighted by atomic mass is 127. The zero-order chi connectivity index (χ0) is 17.1. The van der Waals surface area contributed by atoms with Crippen molar-refractivity contribution in [3.05, 3.63) is 70.8 Å². The van der Waals surface area contributed by atoms with E-state index in [-0.39, 0.29) is 30.0 Å². The van der Waals surface area contributed by atoms with Crippen molar-refractivity contribution < 1.29 is 0 Å². The monoisotopic (exact) mass is 449 g/mol. The van der Waals surface area contributed by atoms with Crippen LogP contribution in [-0.2, 0) is 0 Å². The van der Waals surface area contributed by atoms with Gasteiger partial charge in [0.1, 0.15) is 6.04 Å². The highest BCUT2D eigenvalue weighted by Crippen LogP contribution is 2.28. The number of rotatable bonds is 3. The van der Waals surface area contributed by atoms with Crippen LogP contribution in [0.25, 0.3) is 0 Å². The number of hydrogen-bond acceptors (Lipinski definition) is 1. The third-order valence-corrected chi connectivity index (χ3v) is 4.70. The van der Waals surface area contributed by atoms with Crippen LogP contribution in [0.2, 0.25) is 0 Å². The van der Waals surface area contributed by atoms with E-state index >= 15 is 0 Å². The molecule has 25 heavy (non-hydrogen) atoms. The highest BCUT2D eigenvalue weighted by molar-refractivity contribution is 14.0. The van der Waals surface area contributed by atoms with Gasteiger partial charge in [-0.25, -0.2) is 4.99 Å². The Morgan fingerprint density at radius 2 is 1.16 bits per heavy atom. The molecule has 134 valence electrons. The van der Waals surface area contributed by atoms with E-state index in [0.717, 1.165) is 19.0 Å². The molecule has 1 fully saturated rings. The maximum atomic E-state index is 5.17. The van der Waals surface area contributed by atoms with Crippen molar-refractivity contribution in [3.8, 4) is 0 Å². The smallest absolute Gasteiger partial charge is 0.197 e. The van der Waals surface area contributed by atoms with E-state index in [9.17, 15) is 0 Å². The van der Waals surface area contributed by atoms with Crippen LogP contribution in [0.5, 0.6) is 0 Å². The Morgan fingerprint density at radius 3 is 1.56 bits per heavy atom. The molecule has 4 heteroatoms. The van der Waals surface area contributed by atoms with E-state index in [4.69, 9.17) is 4.99 Å². The predicted molar refractivity (Wildman–Crippen MR) is 117 cm³/mol. The fourth-order valence-corrected chi connectivity index (χ4v) is 3.19. The average molecular weight is 449 g/mol. The van der Waals surface area contributed by atoms with Gasteiger partial charge in [-0.05, 0) is 31.4 Å². The second-order valence-electron chi connectivity index (χ2n) is 6.85. The Morgan fingerprint density at radius 1 is 0.760 bits per heavy atom. The van der Waals surface area contributed by atoms with Gasteiger partial charge in [-0.3, -0.25) is 0 Å². The van der Waals surface area contributed by atoms with Crippen molar-refractivity contribution in [2.45, 2.75) is 26.3 Å². The minimum atomic E-state index is 0. The summed E-state index contributed by atoms with van der Waals surface area (Å²) in [5.41, 5.74) is 5.04. The van der Waals surface area contributed by atoms with Gasteiger partial charge in [-0.2, -0.15) is 0 Å². The molecular weight excluding hydrogens is 421 g/mol. The van der Waals surface area contributed by atoms with Gasteiger partial charge in [-0.15, -0.1) is 24.0 Å². The van der Waals surface area contributed by atoms with Crippen LogP contribution in [0.3, 0.4) is 0 Å². The summed E-state index contributed by atoms with van der Waals surface area (Å²) < 4.78 is 0. The topological polar surface area (TPSA) is 18.8 Å². The molecule has 1 saturated heterocycles. The number of benzene rings is 2. The number of nitrogens with zero attached hydrogens (tertiary/aromatic N) is 3. The molecule has 0 bridgehead atoms. The molecule has 0 saturated carbocycles. The minimum absolute atomic E-state index is 0.